The number of nitro benzene ring substituents is 2. The van der Waals surface area contributed by atoms with Crippen molar-refractivity contribution in [3.8, 4) is 17.1 Å². The lowest BCUT2D eigenvalue weighted by Gasteiger charge is -2.01. The van der Waals surface area contributed by atoms with Crippen LogP contribution < -0.4 is 5.43 Å². The number of hydrazone groups is 1. The lowest BCUT2D eigenvalue weighted by atomic mass is 10.1. The van der Waals surface area contributed by atoms with Gasteiger partial charge in [-0.2, -0.15) is 9.90 Å². The monoisotopic (exact) mass is 446 g/mol. The Morgan fingerprint density at radius 3 is 2.68 bits per heavy atom. The number of carbonyl (C=O) groups excluding carboxylic acids is 1. The van der Waals surface area contributed by atoms with Crippen LogP contribution in [0.2, 0.25) is 5.02 Å². The number of rotatable bonds is 7. The van der Waals surface area contributed by atoms with Crippen LogP contribution in [0.5, 0.6) is 5.75 Å². The van der Waals surface area contributed by atoms with Crippen molar-refractivity contribution in [3.05, 3.63) is 67.2 Å². The zero-order chi connectivity index (χ0) is 22.5. The first-order valence-electron chi connectivity index (χ1n) is 8.26. The molecule has 0 aliphatic rings. The van der Waals surface area contributed by atoms with Crippen LogP contribution >= 0.6 is 11.6 Å². The van der Waals surface area contributed by atoms with Gasteiger partial charge in [-0.3, -0.25) is 25.0 Å². The second-order valence-electron chi connectivity index (χ2n) is 5.83. The highest BCUT2D eigenvalue weighted by molar-refractivity contribution is 6.33. The molecular formula is C16H11ClN8O6. The Balaban J connectivity index is 1.70. The van der Waals surface area contributed by atoms with Crippen molar-refractivity contribution < 1.29 is 19.7 Å². The minimum absolute atomic E-state index is 0.204. The SMILES string of the molecule is O=C(Cn1nnc(-c2ccccc2Cl)n1)N/N=C/c1cc([N+](=O)[O-])cc([N+](=O)[O-])c1O. The summed E-state index contributed by atoms with van der Waals surface area (Å²) in [5.41, 5.74) is 0.779. The van der Waals surface area contributed by atoms with Crippen LogP contribution in [-0.2, 0) is 11.3 Å². The Morgan fingerprint density at radius 2 is 2.00 bits per heavy atom. The summed E-state index contributed by atoms with van der Waals surface area (Å²) in [6.07, 6.45) is 0.831. The van der Waals surface area contributed by atoms with Crippen molar-refractivity contribution >= 4 is 35.1 Å². The van der Waals surface area contributed by atoms with Gasteiger partial charge in [0.05, 0.1) is 32.7 Å². The zero-order valence-electron chi connectivity index (χ0n) is 15.2. The number of hydrogen-bond donors (Lipinski definition) is 2. The number of non-ortho nitro benzene ring substituents is 1. The van der Waals surface area contributed by atoms with E-state index in [9.17, 15) is 30.1 Å². The van der Waals surface area contributed by atoms with Gasteiger partial charge in [-0.05, 0) is 17.3 Å². The molecule has 0 fully saturated rings. The molecule has 14 nitrogen and oxygen atoms in total. The van der Waals surface area contributed by atoms with Crippen LogP contribution in [0.3, 0.4) is 0 Å². The summed E-state index contributed by atoms with van der Waals surface area (Å²) in [6.45, 7) is -0.379. The third-order valence-electron chi connectivity index (χ3n) is 3.76. The number of tetrazole rings is 1. The van der Waals surface area contributed by atoms with Crippen molar-refractivity contribution in [2.45, 2.75) is 6.54 Å². The number of nitrogens with one attached hydrogen (secondary N) is 1. The van der Waals surface area contributed by atoms with Gasteiger partial charge in [-0.1, -0.05) is 23.7 Å². The number of amides is 1. The Labute approximate surface area is 177 Å². The topological polar surface area (TPSA) is 192 Å². The number of benzene rings is 2. The number of phenolic OH excluding ortho intramolecular Hbond substituents is 1. The number of nitro groups is 2. The normalized spacial score (nSPS) is 10.9. The predicted octanol–water partition coefficient (Wildman–Crippen LogP) is 1.67. The maximum absolute atomic E-state index is 12.0. The Kier molecular flexibility index (Phi) is 6.11. The van der Waals surface area contributed by atoms with E-state index in [-0.39, 0.29) is 17.9 Å². The molecular weight excluding hydrogens is 436 g/mol. The largest absolute Gasteiger partial charge is 0.502 e. The third kappa shape index (κ3) is 4.94. The molecule has 0 aliphatic carbocycles. The number of hydrogen-bond acceptors (Lipinski definition) is 10. The molecule has 2 aromatic carbocycles. The predicted molar refractivity (Wildman–Crippen MR) is 105 cm³/mol. The molecule has 1 heterocycles. The fraction of sp³-hybridized carbons (Fsp3) is 0.0625. The van der Waals surface area contributed by atoms with Gasteiger partial charge in [0.15, 0.2) is 0 Å². The molecule has 0 saturated carbocycles. The Morgan fingerprint density at radius 1 is 1.26 bits per heavy atom. The van der Waals surface area contributed by atoms with Crippen molar-refractivity contribution in [2.75, 3.05) is 0 Å². The van der Waals surface area contributed by atoms with E-state index in [1.165, 1.54) is 0 Å². The molecule has 0 saturated heterocycles. The number of phenols is 1. The molecule has 1 amide bonds. The third-order valence-corrected chi connectivity index (χ3v) is 4.09. The zero-order valence-corrected chi connectivity index (χ0v) is 16.0. The van der Waals surface area contributed by atoms with E-state index in [2.05, 4.69) is 25.9 Å². The molecule has 0 radical (unpaired) electrons. The maximum Gasteiger partial charge on any atom is 0.318 e. The molecule has 0 spiro atoms. The average Bonchev–Trinajstić information content (AvgIpc) is 3.17. The van der Waals surface area contributed by atoms with E-state index in [0.29, 0.717) is 16.7 Å². The van der Waals surface area contributed by atoms with Gasteiger partial charge in [0.1, 0.15) is 6.54 Å². The average molecular weight is 447 g/mol. The van der Waals surface area contributed by atoms with Crippen LogP contribution in [0.4, 0.5) is 11.4 Å². The minimum atomic E-state index is -0.981. The lowest BCUT2D eigenvalue weighted by molar-refractivity contribution is -0.394. The van der Waals surface area contributed by atoms with E-state index >= 15 is 0 Å². The first-order valence-corrected chi connectivity index (χ1v) is 8.64. The fourth-order valence-electron chi connectivity index (χ4n) is 2.37. The molecule has 0 aliphatic heterocycles. The molecule has 31 heavy (non-hydrogen) atoms. The van der Waals surface area contributed by atoms with Gasteiger partial charge in [0, 0.05) is 11.6 Å². The summed E-state index contributed by atoms with van der Waals surface area (Å²) in [6, 6.07) is 8.27. The van der Waals surface area contributed by atoms with Crippen LogP contribution in [0.25, 0.3) is 11.4 Å². The van der Waals surface area contributed by atoms with Gasteiger partial charge in [0.2, 0.25) is 11.6 Å². The van der Waals surface area contributed by atoms with E-state index in [1.807, 2.05) is 0 Å². The van der Waals surface area contributed by atoms with Gasteiger partial charge >= 0.3 is 5.69 Å². The number of halogens is 1. The summed E-state index contributed by atoms with van der Waals surface area (Å²) >= 11 is 6.05. The molecule has 0 unspecified atom stereocenters. The van der Waals surface area contributed by atoms with Crippen molar-refractivity contribution in [1.82, 2.24) is 25.6 Å². The standard InChI is InChI=1S/C16H11ClN8O6/c17-12-4-2-1-3-11(12)16-20-22-23(21-16)8-14(26)19-18-7-9-5-10(24(28)29)6-13(15(9)27)25(30)31/h1-7,27H,8H2,(H,19,26)/b18-7+. The first-order chi connectivity index (χ1) is 14.8. The molecule has 2 N–H and O–H groups in total. The number of aromatic nitrogens is 4. The van der Waals surface area contributed by atoms with Gasteiger partial charge in [-0.25, -0.2) is 5.43 Å². The smallest absolute Gasteiger partial charge is 0.318 e. The summed E-state index contributed by atoms with van der Waals surface area (Å²) in [7, 11) is 0. The van der Waals surface area contributed by atoms with E-state index in [0.717, 1.165) is 17.1 Å². The van der Waals surface area contributed by atoms with Crippen molar-refractivity contribution in [3.63, 3.8) is 0 Å². The molecule has 3 aromatic rings. The first kappa shape index (κ1) is 21.3. The van der Waals surface area contributed by atoms with Gasteiger partial charge in [-0.15, -0.1) is 10.2 Å². The van der Waals surface area contributed by atoms with Crippen LogP contribution in [0, 0.1) is 20.2 Å². The second kappa shape index (κ2) is 8.91. The minimum Gasteiger partial charge on any atom is -0.502 e. The van der Waals surface area contributed by atoms with Crippen LogP contribution in [-0.4, -0.2) is 47.3 Å². The molecule has 3 rings (SSSR count). The summed E-state index contributed by atoms with van der Waals surface area (Å²) < 4.78 is 0. The van der Waals surface area contributed by atoms with E-state index in [4.69, 9.17) is 11.6 Å². The summed E-state index contributed by atoms with van der Waals surface area (Å²) in [4.78, 5) is 33.0. The fourth-order valence-corrected chi connectivity index (χ4v) is 2.59. The van der Waals surface area contributed by atoms with Crippen LogP contribution in [0.1, 0.15) is 5.56 Å². The maximum atomic E-state index is 12.0. The van der Waals surface area contributed by atoms with Crippen molar-refractivity contribution in [1.29, 1.82) is 0 Å². The Bertz CT molecular complexity index is 1210. The van der Waals surface area contributed by atoms with E-state index in [1.54, 1.807) is 24.3 Å². The highest BCUT2D eigenvalue weighted by Gasteiger charge is 2.23. The van der Waals surface area contributed by atoms with E-state index < -0.39 is 32.9 Å². The van der Waals surface area contributed by atoms with Crippen LogP contribution in [0.15, 0.2) is 41.5 Å². The quantitative estimate of drug-likeness (QED) is 0.308. The summed E-state index contributed by atoms with van der Waals surface area (Å²) in [5, 5.41) is 47.2. The highest BCUT2D eigenvalue weighted by Crippen LogP contribution is 2.33. The number of carbonyl (C=O) groups is 1. The van der Waals surface area contributed by atoms with Crippen molar-refractivity contribution in [2.24, 2.45) is 5.10 Å². The Hall–Kier alpha value is -4.46. The lowest BCUT2D eigenvalue weighted by Crippen LogP contribution is -2.24. The highest BCUT2D eigenvalue weighted by atomic mass is 35.5. The molecule has 0 atom stereocenters. The number of nitrogens with zero attached hydrogens (tertiary/aromatic N) is 7. The summed E-state index contributed by atoms with van der Waals surface area (Å²) in [5.74, 6) is -1.33. The molecule has 0 bridgehead atoms. The molecule has 15 heteroatoms. The van der Waals surface area contributed by atoms with Gasteiger partial charge in [0.25, 0.3) is 11.6 Å². The van der Waals surface area contributed by atoms with Gasteiger partial charge < -0.3 is 5.11 Å². The second-order valence-corrected chi connectivity index (χ2v) is 6.24. The molecule has 158 valence electrons. The molecule has 1 aromatic heterocycles. The number of aromatic hydroxyl groups is 1.